The smallest absolute Gasteiger partial charge is 0.166 e. The molecule has 0 bridgehead atoms. The van der Waals surface area contributed by atoms with E-state index in [1.165, 1.54) is 79.2 Å². The van der Waals surface area contributed by atoms with E-state index < -0.39 is 0 Å². The number of nitrogens with zero attached hydrogens (tertiary/aromatic N) is 2. The second-order valence-corrected chi connectivity index (χ2v) is 15.1. The maximum absolute atomic E-state index is 5.88. The van der Waals surface area contributed by atoms with E-state index in [1.54, 1.807) is 7.11 Å². The first-order valence-electron chi connectivity index (χ1n) is 18.5. The van der Waals surface area contributed by atoms with Crippen LogP contribution in [0.25, 0.3) is 16.6 Å². The van der Waals surface area contributed by atoms with E-state index >= 15 is 0 Å². The van der Waals surface area contributed by atoms with Gasteiger partial charge in [-0.1, -0.05) is 92.2 Å². The number of methoxy groups -OCH3 is 1. The van der Waals surface area contributed by atoms with Crippen molar-refractivity contribution >= 4 is 40.1 Å². The van der Waals surface area contributed by atoms with Crippen LogP contribution >= 0.6 is 12.1 Å². The Labute approximate surface area is 310 Å². The molecule has 1 fully saturated rings. The number of hydrogen-bond donors (Lipinski definition) is 3. The minimum atomic E-state index is -0.0677. The van der Waals surface area contributed by atoms with Gasteiger partial charge < -0.3 is 29.0 Å². The second-order valence-electron chi connectivity index (χ2n) is 14.3. The van der Waals surface area contributed by atoms with Crippen molar-refractivity contribution in [2.45, 2.75) is 119 Å². The third-order valence-corrected chi connectivity index (χ3v) is 8.69. The zero-order chi connectivity index (χ0) is 37.9. The third kappa shape index (κ3) is 14.7. The molecule has 0 unspecified atom stereocenters. The summed E-state index contributed by atoms with van der Waals surface area (Å²) in [6.45, 7) is 27.1. The van der Waals surface area contributed by atoms with E-state index in [1.807, 2.05) is 41.7 Å². The molecule has 7 nitrogen and oxygen atoms in total. The van der Waals surface area contributed by atoms with Crippen molar-refractivity contribution in [3.8, 4) is 5.75 Å². The lowest BCUT2D eigenvalue weighted by atomic mass is 9.86. The number of para-hydroxylation sites is 1. The minimum Gasteiger partial charge on any atom is -0.496 e. The average molecular weight is 710 g/mol. The molecule has 50 heavy (non-hydrogen) atoms. The van der Waals surface area contributed by atoms with E-state index in [2.05, 4.69) is 122 Å². The number of benzene rings is 2. The van der Waals surface area contributed by atoms with Crippen LogP contribution in [0.2, 0.25) is 0 Å². The van der Waals surface area contributed by atoms with Crippen molar-refractivity contribution in [2.75, 3.05) is 44.3 Å². The molecule has 0 amide bonds. The van der Waals surface area contributed by atoms with Crippen LogP contribution in [0.15, 0.2) is 55.3 Å². The number of anilines is 2. The van der Waals surface area contributed by atoms with Crippen molar-refractivity contribution in [1.82, 2.24) is 14.2 Å². The van der Waals surface area contributed by atoms with Gasteiger partial charge in [-0.3, -0.25) is 0 Å². The topological polar surface area (TPSA) is 62.7 Å². The van der Waals surface area contributed by atoms with Gasteiger partial charge in [-0.15, -0.1) is 0 Å². The van der Waals surface area contributed by atoms with Crippen molar-refractivity contribution < 1.29 is 9.47 Å². The highest BCUT2D eigenvalue weighted by Gasteiger charge is 2.21. The summed E-state index contributed by atoms with van der Waals surface area (Å²) in [5, 5.41) is 4.99. The molecule has 1 saturated heterocycles. The number of aromatic nitrogens is 1. The first kappa shape index (κ1) is 45.0. The maximum Gasteiger partial charge on any atom is 0.166 e. The van der Waals surface area contributed by atoms with E-state index in [-0.39, 0.29) is 11.0 Å². The highest BCUT2D eigenvalue weighted by atomic mass is 32.2. The highest BCUT2D eigenvalue weighted by Crippen LogP contribution is 2.41. The molecule has 282 valence electrons. The fraction of sp³-hybridized carbons (Fsp3) is 0.571. The fourth-order valence-corrected chi connectivity index (χ4v) is 6.01. The molecule has 1 aliphatic rings. The van der Waals surface area contributed by atoms with E-state index in [0.717, 1.165) is 41.4 Å². The molecule has 8 heteroatoms. The van der Waals surface area contributed by atoms with Crippen molar-refractivity contribution in [2.24, 2.45) is 7.05 Å². The van der Waals surface area contributed by atoms with Gasteiger partial charge in [-0.05, 0) is 108 Å². The molecular weight excluding hydrogens is 639 g/mol. The van der Waals surface area contributed by atoms with Crippen LogP contribution in [0, 0.1) is 0 Å². The van der Waals surface area contributed by atoms with Crippen molar-refractivity contribution in [3.63, 3.8) is 0 Å². The number of hydrogen-bond acceptors (Lipinski definition) is 7. The van der Waals surface area contributed by atoms with Crippen molar-refractivity contribution in [3.05, 3.63) is 72.1 Å². The summed E-state index contributed by atoms with van der Waals surface area (Å²) in [5.74, 6) is 0.792. The van der Waals surface area contributed by atoms with Gasteiger partial charge in [0.2, 0.25) is 0 Å². The number of nitrogens with one attached hydrogen (secondary N) is 3. The summed E-state index contributed by atoms with van der Waals surface area (Å²) in [5.41, 5.74) is 7.94. The number of likely N-dealkylation sites (tertiary alicyclic amines) is 1. The average Bonchev–Trinajstić information content (AvgIpc) is 3.22. The van der Waals surface area contributed by atoms with E-state index in [4.69, 9.17) is 9.47 Å². The molecule has 1 aliphatic heterocycles. The number of ether oxygens (including phenoxy) is 2. The Balaban J connectivity index is 0.000000602. The Kier molecular flexibility index (Phi) is 20.4. The molecule has 1 aromatic heterocycles. The monoisotopic (exact) mass is 710 g/mol. The summed E-state index contributed by atoms with van der Waals surface area (Å²) in [6.07, 6.45) is 11.4. The molecule has 4 rings (SSSR count). The minimum absolute atomic E-state index is 0.00619. The Morgan fingerprint density at radius 1 is 0.940 bits per heavy atom. The number of fused-ring (bicyclic) bond motifs is 1. The standard InChI is InChI=1S/C27H38N4OS.C7H15N.C6H12O.C2H6/c1-9-12-21(24-15-19-14-11-13-18(10-2)25(19)31(24)7)29-22-16-20(27(3,4)5)17-23(26(22)32-8)30-33-28-6;1-8-6-4-2-3-5-7-8;1-5-7-6(2,3)4;1-2/h11-17,28-30H,9-10H2,1-8H3;2-7H2,1H3;5H,1H2,2-4H3;1-2H3/b21-12-;;;. The predicted molar refractivity (Wildman–Crippen MR) is 225 cm³/mol. The quantitative estimate of drug-likeness (QED) is 0.143. The second kappa shape index (κ2) is 22.7. The first-order chi connectivity index (χ1) is 23.7. The molecule has 0 radical (unpaired) electrons. The maximum atomic E-state index is 5.88. The number of allylic oxidation sites excluding steroid dienone is 1. The van der Waals surface area contributed by atoms with Crippen LogP contribution in [0.1, 0.15) is 118 Å². The molecule has 0 aliphatic carbocycles. The molecule has 0 atom stereocenters. The summed E-state index contributed by atoms with van der Waals surface area (Å²) < 4.78 is 19.6. The normalized spacial score (nSPS) is 13.8. The summed E-state index contributed by atoms with van der Waals surface area (Å²) in [6, 6.07) is 13.2. The van der Waals surface area contributed by atoms with E-state index in [0.29, 0.717) is 0 Å². The molecule has 0 spiro atoms. The summed E-state index contributed by atoms with van der Waals surface area (Å²) >= 11 is 1.43. The van der Waals surface area contributed by atoms with Crippen LogP contribution in [-0.4, -0.2) is 49.4 Å². The zero-order valence-electron chi connectivity index (χ0n) is 34.1. The SMILES string of the molecule is C=COC(C)(C)C.CC.CC/C=C(\Nc1cc(C(C)(C)C)cc(NSNC)c1OC)c1cc2cccc(CC)c2n1C.CN1CCCCCC1. The Morgan fingerprint density at radius 3 is 2.04 bits per heavy atom. The molecule has 3 aromatic rings. The van der Waals surface area contributed by atoms with Crippen LogP contribution in [0.3, 0.4) is 0 Å². The largest absolute Gasteiger partial charge is 0.496 e. The van der Waals surface area contributed by atoms with Gasteiger partial charge in [-0.2, -0.15) is 0 Å². The predicted octanol–water partition coefficient (Wildman–Crippen LogP) is 11.6. The van der Waals surface area contributed by atoms with E-state index in [9.17, 15) is 0 Å². The zero-order valence-corrected chi connectivity index (χ0v) is 34.9. The van der Waals surface area contributed by atoms with Gasteiger partial charge in [0, 0.05) is 24.6 Å². The lowest BCUT2D eigenvalue weighted by Gasteiger charge is -2.25. The first-order valence-corrected chi connectivity index (χ1v) is 19.4. The lowest BCUT2D eigenvalue weighted by molar-refractivity contribution is 0.0775. The van der Waals surface area contributed by atoms with Crippen LogP contribution < -0.4 is 19.5 Å². The number of rotatable bonds is 10. The molecule has 3 N–H and O–H groups in total. The van der Waals surface area contributed by atoms with Crippen LogP contribution in [0.5, 0.6) is 5.75 Å². The Morgan fingerprint density at radius 2 is 1.56 bits per heavy atom. The Bertz CT molecular complexity index is 1440. The fourth-order valence-electron chi connectivity index (χ4n) is 5.65. The molecule has 2 aromatic carbocycles. The van der Waals surface area contributed by atoms with Gasteiger partial charge in [0.05, 0.1) is 47.3 Å². The van der Waals surface area contributed by atoms with Crippen LogP contribution in [0.4, 0.5) is 11.4 Å². The van der Waals surface area contributed by atoms with Gasteiger partial charge in [-0.25, -0.2) is 4.72 Å². The summed E-state index contributed by atoms with van der Waals surface area (Å²) in [4.78, 5) is 2.42. The molecule has 0 saturated carbocycles. The molecular formula is C42H71N5O2S. The van der Waals surface area contributed by atoms with Gasteiger partial charge in [0.1, 0.15) is 0 Å². The van der Waals surface area contributed by atoms with Gasteiger partial charge in [0.15, 0.2) is 5.75 Å². The van der Waals surface area contributed by atoms with Gasteiger partial charge in [0.25, 0.3) is 0 Å². The number of aryl methyl sites for hydroxylation is 2. The van der Waals surface area contributed by atoms with Crippen molar-refractivity contribution in [1.29, 1.82) is 0 Å². The highest BCUT2D eigenvalue weighted by molar-refractivity contribution is 7.98. The third-order valence-electron chi connectivity index (χ3n) is 8.16. The van der Waals surface area contributed by atoms with Gasteiger partial charge >= 0.3 is 0 Å². The molecule has 2 heterocycles. The summed E-state index contributed by atoms with van der Waals surface area (Å²) in [7, 11) is 7.98. The lowest BCUT2D eigenvalue weighted by Crippen LogP contribution is -2.18. The van der Waals surface area contributed by atoms with Crippen LogP contribution in [-0.2, 0) is 23.6 Å². The Hall–Kier alpha value is -3.07.